The molecule has 2 aromatic carbocycles. The molecule has 1 amide bonds. The number of benzene rings is 2. The third-order valence-corrected chi connectivity index (χ3v) is 3.37. The van der Waals surface area contributed by atoms with Crippen molar-refractivity contribution in [3.63, 3.8) is 0 Å². The van der Waals surface area contributed by atoms with Gasteiger partial charge in [0, 0.05) is 31.4 Å². The third kappa shape index (κ3) is 4.46. The van der Waals surface area contributed by atoms with Crippen molar-refractivity contribution in [2.24, 2.45) is 0 Å². The number of nitrogens with one attached hydrogen (secondary N) is 2. The van der Waals surface area contributed by atoms with Crippen LogP contribution in [0.4, 0.5) is 25.8 Å². The number of halogens is 2. The van der Waals surface area contributed by atoms with Crippen molar-refractivity contribution in [2.75, 3.05) is 22.6 Å². The molecule has 0 heterocycles. The van der Waals surface area contributed by atoms with Gasteiger partial charge in [-0.05, 0) is 48.6 Å². The van der Waals surface area contributed by atoms with E-state index in [1.54, 1.807) is 31.3 Å². The molecule has 0 spiro atoms. The lowest BCUT2D eigenvalue weighted by Gasteiger charge is -2.16. The molecule has 0 radical (unpaired) electrons. The molecule has 0 saturated heterocycles. The molecule has 0 saturated carbocycles. The van der Waals surface area contributed by atoms with Crippen LogP contribution in [-0.2, 0) is 4.79 Å². The zero-order valence-corrected chi connectivity index (χ0v) is 13.4. The van der Waals surface area contributed by atoms with Crippen molar-refractivity contribution in [3.8, 4) is 0 Å². The number of nitrogens with zero attached hydrogens (tertiary/aromatic N) is 1. The topological polar surface area (TPSA) is 44.4 Å². The first-order valence-electron chi connectivity index (χ1n) is 6.74. The first-order chi connectivity index (χ1) is 10.9. The summed E-state index contributed by atoms with van der Waals surface area (Å²) in [6.45, 7) is 1.47. The molecule has 0 atom stereocenters. The second kappa shape index (κ2) is 7.15. The van der Waals surface area contributed by atoms with E-state index < -0.39 is 11.6 Å². The van der Waals surface area contributed by atoms with Gasteiger partial charge in [-0.2, -0.15) is 0 Å². The zero-order valence-electron chi connectivity index (χ0n) is 12.6. The number of carbonyl (C=O) groups excluding carboxylic acids is 1. The van der Waals surface area contributed by atoms with Gasteiger partial charge in [-0.25, -0.2) is 8.78 Å². The lowest BCUT2D eigenvalue weighted by molar-refractivity contribution is -0.116. The van der Waals surface area contributed by atoms with Gasteiger partial charge in [0.15, 0.2) is 5.11 Å². The van der Waals surface area contributed by atoms with Gasteiger partial charge >= 0.3 is 0 Å². The largest absolute Gasteiger partial charge is 0.332 e. The Labute approximate surface area is 138 Å². The molecule has 0 aliphatic heterocycles. The summed E-state index contributed by atoms with van der Waals surface area (Å²) in [4.78, 5) is 12.8. The molecule has 120 valence electrons. The van der Waals surface area contributed by atoms with E-state index in [4.69, 9.17) is 12.2 Å². The zero-order chi connectivity index (χ0) is 17.0. The highest BCUT2D eigenvalue weighted by Crippen LogP contribution is 2.18. The van der Waals surface area contributed by atoms with Gasteiger partial charge in [0.1, 0.15) is 11.6 Å². The summed E-state index contributed by atoms with van der Waals surface area (Å²) in [5.41, 5.74) is 1.49. The van der Waals surface area contributed by atoms with Crippen LogP contribution >= 0.6 is 12.2 Å². The van der Waals surface area contributed by atoms with Gasteiger partial charge in [0.2, 0.25) is 5.91 Å². The summed E-state index contributed by atoms with van der Waals surface area (Å²) >= 11 is 5.09. The Morgan fingerprint density at radius 1 is 1.09 bits per heavy atom. The Hall–Kier alpha value is -2.54. The fourth-order valence-electron chi connectivity index (χ4n) is 1.83. The van der Waals surface area contributed by atoms with E-state index >= 15 is 0 Å². The minimum absolute atomic E-state index is 0.0744. The Morgan fingerprint density at radius 3 is 2.30 bits per heavy atom. The van der Waals surface area contributed by atoms with Gasteiger partial charge in [-0.3, -0.25) is 4.79 Å². The van der Waals surface area contributed by atoms with Crippen molar-refractivity contribution in [3.05, 3.63) is 54.1 Å². The van der Waals surface area contributed by atoms with Gasteiger partial charge in [0.05, 0.1) is 5.69 Å². The van der Waals surface area contributed by atoms with Gasteiger partial charge in [0.25, 0.3) is 0 Å². The monoisotopic (exact) mass is 335 g/mol. The first-order valence-corrected chi connectivity index (χ1v) is 7.15. The molecule has 4 nitrogen and oxygen atoms in total. The van der Waals surface area contributed by atoms with Crippen molar-refractivity contribution in [2.45, 2.75) is 6.92 Å². The Balaban J connectivity index is 2.01. The smallest absolute Gasteiger partial charge is 0.223 e. The molecule has 2 rings (SSSR count). The second-order valence-corrected chi connectivity index (χ2v) is 5.24. The normalized spacial score (nSPS) is 10.1. The van der Waals surface area contributed by atoms with Crippen LogP contribution in [0.2, 0.25) is 0 Å². The van der Waals surface area contributed by atoms with E-state index in [-0.39, 0.29) is 16.7 Å². The highest BCUT2D eigenvalue weighted by molar-refractivity contribution is 7.80. The van der Waals surface area contributed by atoms with E-state index in [2.05, 4.69) is 10.6 Å². The van der Waals surface area contributed by atoms with Crippen LogP contribution in [0.15, 0.2) is 42.5 Å². The maximum absolute atomic E-state index is 13.5. The number of hydrogen-bond donors (Lipinski definition) is 2. The fraction of sp³-hybridized carbons (Fsp3) is 0.125. The molecule has 0 bridgehead atoms. The average molecular weight is 335 g/mol. The van der Waals surface area contributed by atoms with Crippen LogP contribution in [0.25, 0.3) is 0 Å². The summed E-state index contributed by atoms with van der Waals surface area (Å²) < 4.78 is 26.4. The number of amides is 1. The van der Waals surface area contributed by atoms with Crippen LogP contribution in [0.3, 0.4) is 0 Å². The van der Waals surface area contributed by atoms with Crippen molar-refractivity contribution in [1.82, 2.24) is 0 Å². The van der Waals surface area contributed by atoms with Gasteiger partial charge < -0.3 is 15.5 Å². The molecular weight excluding hydrogens is 320 g/mol. The van der Waals surface area contributed by atoms with Crippen molar-refractivity contribution in [1.29, 1.82) is 0 Å². The third-order valence-electron chi connectivity index (χ3n) is 3.16. The molecule has 23 heavy (non-hydrogen) atoms. The summed E-state index contributed by atoms with van der Waals surface area (Å²) in [7, 11) is 1.67. The summed E-state index contributed by atoms with van der Waals surface area (Å²) in [6, 6.07) is 10.2. The molecule has 0 unspecified atom stereocenters. The lowest BCUT2D eigenvalue weighted by atomic mass is 10.2. The van der Waals surface area contributed by atoms with Crippen LogP contribution in [0.1, 0.15) is 6.92 Å². The number of rotatable bonds is 3. The van der Waals surface area contributed by atoms with E-state index in [9.17, 15) is 13.6 Å². The molecule has 0 aliphatic carbocycles. The van der Waals surface area contributed by atoms with Gasteiger partial charge in [-0.1, -0.05) is 0 Å². The Morgan fingerprint density at radius 2 is 1.74 bits per heavy atom. The number of thiocarbonyl (C=S) groups is 1. The van der Waals surface area contributed by atoms with Crippen LogP contribution < -0.4 is 15.5 Å². The molecule has 2 N–H and O–H groups in total. The maximum Gasteiger partial charge on any atom is 0.223 e. The maximum atomic E-state index is 13.5. The van der Waals surface area contributed by atoms with Crippen LogP contribution in [0.5, 0.6) is 0 Å². The van der Waals surface area contributed by atoms with Crippen LogP contribution in [-0.4, -0.2) is 18.1 Å². The van der Waals surface area contributed by atoms with Crippen molar-refractivity contribution < 1.29 is 13.6 Å². The predicted octanol–water partition coefficient (Wildman–Crippen LogP) is 3.76. The SMILES string of the molecule is CC(=O)N(C)c1ccc(NC(=S)Nc2ccc(F)cc2F)cc1. The van der Waals surface area contributed by atoms with Crippen molar-refractivity contribution >= 4 is 40.3 Å². The van der Waals surface area contributed by atoms with E-state index in [0.29, 0.717) is 5.69 Å². The second-order valence-electron chi connectivity index (χ2n) is 4.83. The number of anilines is 3. The van der Waals surface area contributed by atoms with E-state index in [1.165, 1.54) is 17.9 Å². The fourth-order valence-corrected chi connectivity index (χ4v) is 2.05. The molecule has 2 aromatic rings. The first kappa shape index (κ1) is 16.8. The Kier molecular flexibility index (Phi) is 5.23. The molecule has 7 heteroatoms. The lowest BCUT2D eigenvalue weighted by Crippen LogP contribution is -2.23. The molecule has 0 aliphatic rings. The standard InChI is InChI=1S/C16H15F2N3OS/c1-10(22)21(2)13-6-4-12(5-7-13)19-16(23)20-15-8-3-11(17)9-14(15)18/h3-9H,1-2H3,(H2,19,20,23). The molecule has 0 aromatic heterocycles. The van der Waals surface area contributed by atoms with Gasteiger partial charge in [-0.15, -0.1) is 0 Å². The highest BCUT2D eigenvalue weighted by Gasteiger charge is 2.07. The Bertz CT molecular complexity index is 735. The minimum atomic E-state index is -0.729. The van der Waals surface area contributed by atoms with Crippen LogP contribution in [0, 0.1) is 11.6 Å². The number of hydrogen-bond acceptors (Lipinski definition) is 2. The molecular formula is C16H15F2N3OS. The highest BCUT2D eigenvalue weighted by atomic mass is 32.1. The van der Waals surface area contributed by atoms with E-state index in [1.807, 2.05) is 0 Å². The predicted molar refractivity (Wildman–Crippen MR) is 91.7 cm³/mol. The summed E-state index contributed by atoms with van der Waals surface area (Å²) in [6.07, 6.45) is 0. The van der Waals surface area contributed by atoms with E-state index in [0.717, 1.165) is 17.8 Å². The molecule has 0 fully saturated rings. The summed E-state index contributed by atoms with van der Waals surface area (Å²) in [5.74, 6) is -1.46. The average Bonchev–Trinajstić information content (AvgIpc) is 2.50. The quantitative estimate of drug-likeness (QED) is 0.839. The summed E-state index contributed by atoms with van der Waals surface area (Å²) in [5, 5.41) is 5.71. The number of carbonyl (C=O) groups is 1. The minimum Gasteiger partial charge on any atom is -0.332 e.